The van der Waals surface area contributed by atoms with E-state index >= 15 is 0 Å². The number of nitrogens with zero attached hydrogens (tertiary/aromatic N) is 1. The zero-order chi connectivity index (χ0) is 8.39. The lowest BCUT2D eigenvalue weighted by molar-refractivity contribution is 0.110. The number of amidine groups is 1. The molecule has 1 atom stereocenters. The van der Waals surface area contributed by atoms with Crippen molar-refractivity contribution in [3.63, 3.8) is 0 Å². The monoisotopic (exact) mass is 162 g/mol. The van der Waals surface area contributed by atoms with Crippen LogP contribution in [0, 0.1) is 0 Å². The zero-order valence-corrected chi connectivity index (χ0v) is 6.60. The highest BCUT2D eigenvalue weighted by Gasteiger charge is 2.16. The van der Waals surface area contributed by atoms with E-state index < -0.39 is 0 Å². The van der Waals surface area contributed by atoms with Crippen LogP contribution in [0.25, 0.3) is 0 Å². The van der Waals surface area contributed by atoms with E-state index in [1.807, 2.05) is 30.3 Å². The minimum atomic E-state index is -0.189. The van der Waals surface area contributed by atoms with Crippen molar-refractivity contribution in [2.45, 2.75) is 6.23 Å². The van der Waals surface area contributed by atoms with Crippen LogP contribution in [0.4, 0.5) is 0 Å². The Bertz CT molecular complexity index is 295. The molecule has 1 aromatic carbocycles. The van der Waals surface area contributed by atoms with Gasteiger partial charge in [0.25, 0.3) is 0 Å². The van der Waals surface area contributed by atoms with Crippen molar-refractivity contribution in [3.05, 3.63) is 35.9 Å². The molecule has 0 saturated carbocycles. The third-order valence-corrected chi connectivity index (χ3v) is 1.76. The van der Waals surface area contributed by atoms with E-state index in [1.54, 1.807) is 0 Å². The quantitative estimate of drug-likeness (QED) is 0.671. The molecule has 0 aliphatic carbocycles. The Kier molecular flexibility index (Phi) is 1.80. The summed E-state index contributed by atoms with van der Waals surface area (Å²) in [4.78, 5) is 4.13. The number of benzene rings is 1. The summed E-state index contributed by atoms with van der Waals surface area (Å²) in [7, 11) is 0. The van der Waals surface area contributed by atoms with E-state index in [4.69, 9.17) is 10.5 Å². The molecule has 12 heavy (non-hydrogen) atoms. The maximum atomic E-state index is 5.49. The van der Waals surface area contributed by atoms with E-state index in [0.29, 0.717) is 12.4 Å². The summed E-state index contributed by atoms with van der Waals surface area (Å²) in [5.41, 5.74) is 6.54. The first-order valence-corrected chi connectivity index (χ1v) is 3.85. The van der Waals surface area contributed by atoms with Gasteiger partial charge in [0.2, 0.25) is 0 Å². The molecule has 0 fully saturated rings. The Morgan fingerprint density at radius 3 is 2.67 bits per heavy atom. The minimum Gasteiger partial charge on any atom is -0.385 e. The molecule has 1 aliphatic heterocycles. The number of aliphatic imine (C=N–C) groups is 1. The lowest BCUT2D eigenvalue weighted by atomic mass is 10.2. The SMILES string of the molecule is NC1=NC(c2ccccc2)OC1. The molecule has 0 bridgehead atoms. The number of rotatable bonds is 1. The summed E-state index contributed by atoms with van der Waals surface area (Å²) in [6.45, 7) is 0.444. The van der Waals surface area contributed by atoms with E-state index in [-0.39, 0.29) is 6.23 Å². The summed E-state index contributed by atoms with van der Waals surface area (Å²) >= 11 is 0. The van der Waals surface area contributed by atoms with Crippen LogP contribution in [-0.4, -0.2) is 12.4 Å². The number of ether oxygens (including phenoxy) is 1. The predicted molar refractivity (Wildman–Crippen MR) is 46.8 cm³/mol. The van der Waals surface area contributed by atoms with Crippen LogP contribution in [0.1, 0.15) is 11.8 Å². The first kappa shape index (κ1) is 7.31. The third kappa shape index (κ3) is 1.31. The lowest BCUT2D eigenvalue weighted by Gasteiger charge is -2.05. The van der Waals surface area contributed by atoms with Gasteiger partial charge >= 0.3 is 0 Å². The molecule has 2 N–H and O–H groups in total. The van der Waals surface area contributed by atoms with Gasteiger partial charge < -0.3 is 10.5 Å². The van der Waals surface area contributed by atoms with Crippen molar-refractivity contribution >= 4 is 5.84 Å². The molecular weight excluding hydrogens is 152 g/mol. The molecule has 62 valence electrons. The average molecular weight is 162 g/mol. The Morgan fingerprint density at radius 2 is 2.08 bits per heavy atom. The molecule has 0 amide bonds. The lowest BCUT2D eigenvalue weighted by Crippen LogP contribution is -2.11. The fraction of sp³-hybridized carbons (Fsp3) is 0.222. The third-order valence-electron chi connectivity index (χ3n) is 1.76. The second-order valence-corrected chi connectivity index (χ2v) is 2.69. The molecule has 0 saturated heterocycles. The zero-order valence-electron chi connectivity index (χ0n) is 6.60. The van der Waals surface area contributed by atoms with Crippen molar-refractivity contribution in [1.82, 2.24) is 0 Å². The van der Waals surface area contributed by atoms with Gasteiger partial charge in [-0.15, -0.1) is 0 Å². The van der Waals surface area contributed by atoms with Gasteiger partial charge in [-0.3, -0.25) is 0 Å². The maximum Gasteiger partial charge on any atom is 0.176 e. The van der Waals surface area contributed by atoms with Crippen molar-refractivity contribution < 1.29 is 4.74 Å². The van der Waals surface area contributed by atoms with Crippen LogP contribution in [0.5, 0.6) is 0 Å². The van der Waals surface area contributed by atoms with Crippen LogP contribution >= 0.6 is 0 Å². The first-order chi connectivity index (χ1) is 5.86. The van der Waals surface area contributed by atoms with Crippen molar-refractivity contribution in [2.75, 3.05) is 6.61 Å². The smallest absolute Gasteiger partial charge is 0.176 e. The largest absolute Gasteiger partial charge is 0.385 e. The highest BCUT2D eigenvalue weighted by Crippen LogP contribution is 2.21. The molecule has 1 heterocycles. The first-order valence-electron chi connectivity index (χ1n) is 3.85. The second-order valence-electron chi connectivity index (χ2n) is 2.69. The molecule has 2 rings (SSSR count). The van der Waals surface area contributed by atoms with Crippen LogP contribution < -0.4 is 5.73 Å². The summed E-state index contributed by atoms with van der Waals surface area (Å²) in [6.07, 6.45) is -0.189. The molecule has 1 aromatic rings. The summed E-state index contributed by atoms with van der Waals surface area (Å²) in [5.74, 6) is 0.573. The van der Waals surface area contributed by atoms with E-state index in [1.165, 1.54) is 0 Å². The Morgan fingerprint density at radius 1 is 1.33 bits per heavy atom. The second kappa shape index (κ2) is 2.95. The van der Waals surface area contributed by atoms with Crippen LogP contribution in [0.2, 0.25) is 0 Å². The standard InChI is InChI=1S/C9H10N2O/c10-8-6-12-9(11-8)7-4-2-1-3-5-7/h1-5,9H,6H2,(H2,10,11). The number of hydrogen-bond acceptors (Lipinski definition) is 3. The minimum absolute atomic E-state index is 0.189. The van der Waals surface area contributed by atoms with Crippen LogP contribution in [0.3, 0.4) is 0 Å². The fourth-order valence-corrected chi connectivity index (χ4v) is 1.18. The number of hydrogen-bond donors (Lipinski definition) is 1. The molecular formula is C9H10N2O. The Labute approximate surface area is 70.9 Å². The molecule has 0 radical (unpaired) electrons. The van der Waals surface area contributed by atoms with Gasteiger partial charge in [0.05, 0.1) is 0 Å². The molecule has 1 unspecified atom stereocenters. The predicted octanol–water partition coefficient (Wildman–Crippen LogP) is 1.07. The van der Waals surface area contributed by atoms with Gasteiger partial charge in [-0.1, -0.05) is 30.3 Å². The Hall–Kier alpha value is -1.35. The van der Waals surface area contributed by atoms with E-state index in [0.717, 1.165) is 5.56 Å². The van der Waals surface area contributed by atoms with Crippen molar-refractivity contribution in [2.24, 2.45) is 10.7 Å². The van der Waals surface area contributed by atoms with E-state index in [9.17, 15) is 0 Å². The van der Waals surface area contributed by atoms with Crippen LogP contribution in [0.15, 0.2) is 35.3 Å². The summed E-state index contributed by atoms with van der Waals surface area (Å²) in [5, 5.41) is 0. The van der Waals surface area contributed by atoms with Gasteiger partial charge in [0, 0.05) is 5.56 Å². The molecule has 3 nitrogen and oxygen atoms in total. The highest BCUT2D eigenvalue weighted by molar-refractivity contribution is 5.82. The fourth-order valence-electron chi connectivity index (χ4n) is 1.18. The van der Waals surface area contributed by atoms with Gasteiger partial charge in [-0.25, -0.2) is 4.99 Å². The molecule has 0 aromatic heterocycles. The number of nitrogens with two attached hydrogens (primary N) is 1. The maximum absolute atomic E-state index is 5.49. The van der Waals surface area contributed by atoms with Crippen LogP contribution in [-0.2, 0) is 4.74 Å². The summed E-state index contributed by atoms with van der Waals surface area (Å²) in [6, 6.07) is 9.84. The molecule has 1 aliphatic rings. The average Bonchev–Trinajstić information content (AvgIpc) is 2.54. The van der Waals surface area contributed by atoms with Gasteiger partial charge in [0.1, 0.15) is 12.4 Å². The van der Waals surface area contributed by atoms with Crippen molar-refractivity contribution in [1.29, 1.82) is 0 Å². The molecule has 3 heteroatoms. The van der Waals surface area contributed by atoms with Gasteiger partial charge in [-0.2, -0.15) is 0 Å². The van der Waals surface area contributed by atoms with Crippen molar-refractivity contribution in [3.8, 4) is 0 Å². The van der Waals surface area contributed by atoms with Gasteiger partial charge in [-0.05, 0) is 0 Å². The Balaban J connectivity index is 2.22. The summed E-state index contributed by atoms with van der Waals surface area (Å²) < 4.78 is 5.32. The molecule has 0 spiro atoms. The van der Waals surface area contributed by atoms with Gasteiger partial charge in [0.15, 0.2) is 6.23 Å². The topological polar surface area (TPSA) is 47.6 Å². The van der Waals surface area contributed by atoms with E-state index in [2.05, 4.69) is 4.99 Å². The normalized spacial score (nSPS) is 22.3. The highest BCUT2D eigenvalue weighted by atomic mass is 16.5.